The first-order chi connectivity index (χ1) is 11.1. The number of amides is 1. The van der Waals surface area contributed by atoms with Gasteiger partial charge in [0, 0.05) is 31.8 Å². The molecule has 3 rings (SSSR count). The molecule has 1 saturated heterocycles. The maximum atomic E-state index is 12.4. The average molecular weight is 313 g/mol. The molecule has 0 unspecified atom stereocenters. The van der Waals surface area contributed by atoms with Crippen molar-refractivity contribution >= 4 is 11.9 Å². The summed E-state index contributed by atoms with van der Waals surface area (Å²) < 4.78 is 5.23. The van der Waals surface area contributed by atoms with E-state index in [1.54, 1.807) is 17.2 Å². The maximum Gasteiger partial charge on any atom is 0.308 e. The van der Waals surface area contributed by atoms with E-state index in [1.807, 2.05) is 36.4 Å². The lowest BCUT2D eigenvalue weighted by Crippen LogP contribution is -2.30. The highest BCUT2D eigenvalue weighted by Crippen LogP contribution is 2.33. The van der Waals surface area contributed by atoms with Crippen molar-refractivity contribution in [2.24, 2.45) is 5.92 Å². The molecule has 1 aromatic carbocycles. The third-order valence-corrected chi connectivity index (χ3v) is 4.38. The molecule has 0 spiro atoms. The third kappa shape index (κ3) is 3.44. The number of aryl methyl sites for hydroxylation is 1. The molecule has 5 heteroatoms. The van der Waals surface area contributed by atoms with Crippen LogP contribution in [0.1, 0.15) is 23.7 Å². The Bertz CT molecular complexity index is 666. The van der Waals surface area contributed by atoms with Crippen molar-refractivity contribution in [3.8, 4) is 0 Å². The summed E-state index contributed by atoms with van der Waals surface area (Å²) >= 11 is 0. The molecular formula is C18H19NO4. The lowest BCUT2D eigenvalue weighted by atomic mass is 9.89. The molecule has 1 aliphatic heterocycles. The largest absolute Gasteiger partial charge is 0.481 e. The molecule has 2 aromatic rings. The Morgan fingerprint density at radius 2 is 1.91 bits per heavy atom. The fourth-order valence-electron chi connectivity index (χ4n) is 3.14. The number of carboxylic acids is 1. The van der Waals surface area contributed by atoms with E-state index in [0.29, 0.717) is 19.4 Å². The second-order valence-corrected chi connectivity index (χ2v) is 5.84. The summed E-state index contributed by atoms with van der Waals surface area (Å²) in [6.07, 6.45) is 2.46. The molecule has 1 aromatic heterocycles. The predicted molar refractivity (Wildman–Crippen MR) is 83.9 cm³/mol. The molecule has 0 aliphatic carbocycles. The highest BCUT2D eigenvalue weighted by atomic mass is 16.4. The van der Waals surface area contributed by atoms with E-state index in [0.717, 1.165) is 11.3 Å². The minimum Gasteiger partial charge on any atom is -0.481 e. The standard InChI is InChI=1S/C18H19NO4/c20-17(9-8-14-7-4-10-23-14)19-11-15(16(12-19)18(21)22)13-5-2-1-3-6-13/h1-7,10,15-16H,8-9,11-12H2,(H,21,22)/t15-,16-/m1/s1. The molecule has 1 N–H and O–H groups in total. The number of aliphatic carboxylic acids is 1. The van der Waals surface area contributed by atoms with Gasteiger partial charge in [0.05, 0.1) is 12.2 Å². The summed E-state index contributed by atoms with van der Waals surface area (Å²) in [5, 5.41) is 9.47. The highest BCUT2D eigenvalue weighted by Gasteiger charge is 2.40. The van der Waals surface area contributed by atoms with Crippen LogP contribution in [0.4, 0.5) is 0 Å². The Balaban J connectivity index is 1.67. The minimum atomic E-state index is -0.847. The van der Waals surface area contributed by atoms with Crippen molar-refractivity contribution in [1.29, 1.82) is 0 Å². The lowest BCUT2D eigenvalue weighted by molar-refractivity contribution is -0.141. The Labute approximate surface area is 134 Å². The molecule has 0 radical (unpaired) electrons. The van der Waals surface area contributed by atoms with Gasteiger partial charge in [-0.15, -0.1) is 0 Å². The molecule has 0 saturated carbocycles. The first-order valence-corrected chi connectivity index (χ1v) is 7.73. The van der Waals surface area contributed by atoms with Crippen LogP contribution in [0.3, 0.4) is 0 Å². The number of benzene rings is 1. The van der Waals surface area contributed by atoms with E-state index in [-0.39, 0.29) is 18.4 Å². The Hall–Kier alpha value is -2.56. The SMILES string of the molecule is O=C(O)[C@@H]1CN(C(=O)CCc2ccco2)C[C@@H]1c1ccccc1. The zero-order valence-corrected chi connectivity index (χ0v) is 12.7. The zero-order chi connectivity index (χ0) is 16.2. The Morgan fingerprint density at radius 3 is 2.57 bits per heavy atom. The summed E-state index contributed by atoms with van der Waals surface area (Å²) in [7, 11) is 0. The monoisotopic (exact) mass is 313 g/mol. The Kier molecular flexibility index (Phi) is 4.46. The van der Waals surface area contributed by atoms with Gasteiger partial charge in [-0.25, -0.2) is 0 Å². The number of furan rings is 1. The van der Waals surface area contributed by atoms with Crippen molar-refractivity contribution in [1.82, 2.24) is 4.90 Å². The summed E-state index contributed by atoms with van der Waals surface area (Å²) in [6, 6.07) is 13.2. The molecule has 1 aliphatic rings. The van der Waals surface area contributed by atoms with Crippen molar-refractivity contribution < 1.29 is 19.1 Å². The third-order valence-electron chi connectivity index (χ3n) is 4.38. The first kappa shape index (κ1) is 15.3. The van der Waals surface area contributed by atoms with Crippen molar-refractivity contribution in [2.75, 3.05) is 13.1 Å². The van der Waals surface area contributed by atoms with Gasteiger partial charge in [0.15, 0.2) is 0 Å². The fraction of sp³-hybridized carbons (Fsp3) is 0.333. The van der Waals surface area contributed by atoms with Gasteiger partial charge in [-0.2, -0.15) is 0 Å². The van der Waals surface area contributed by atoms with Crippen molar-refractivity contribution in [3.63, 3.8) is 0 Å². The number of hydrogen-bond donors (Lipinski definition) is 1. The first-order valence-electron chi connectivity index (χ1n) is 7.73. The van der Waals surface area contributed by atoms with E-state index in [9.17, 15) is 14.7 Å². The van der Waals surface area contributed by atoms with Gasteiger partial charge < -0.3 is 14.4 Å². The van der Waals surface area contributed by atoms with Crippen LogP contribution in [0.25, 0.3) is 0 Å². The molecule has 2 heterocycles. The van der Waals surface area contributed by atoms with E-state index >= 15 is 0 Å². The smallest absolute Gasteiger partial charge is 0.308 e. The van der Waals surface area contributed by atoms with Crippen LogP contribution in [-0.4, -0.2) is 35.0 Å². The number of likely N-dealkylation sites (tertiary alicyclic amines) is 1. The predicted octanol–water partition coefficient (Wildman–Crippen LogP) is 2.54. The molecule has 1 amide bonds. The van der Waals surface area contributed by atoms with Crippen LogP contribution in [0.5, 0.6) is 0 Å². The quantitative estimate of drug-likeness (QED) is 0.921. The van der Waals surface area contributed by atoms with Crippen LogP contribution in [0.15, 0.2) is 53.1 Å². The number of hydrogen-bond acceptors (Lipinski definition) is 3. The van der Waals surface area contributed by atoms with E-state index in [1.165, 1.54) is 0 Å². The van der Waals surface area contributed by atoms with Gasteiger partial charge in [-0.1, -0.05) is 30.3 Å². The van der Waals surface area contributed by atoms with Crippen LogP contribution in [0, 0.1) is 5.92 Å². The maximum absolute atomic E-state index is 12.4. The van der Waals surface area contributed by atoms with Gasteiger partial charge in [-0.05, 0) is 17.7 Å². The van der Waals surface area contributed by atoms with E-state index < -0.39 is 11.9 Å². The van der Waals surface area contributed by atoms with E-state index in [4.69, 9.17) is 4.42 Å². The number of carbonyl (C=O) groups is 2. The number of rotatable bonds is 5. The molecule has 0 bridgehead atoms. The van der Waals surface area contributed by atoms with Crippen LogP contribution < -0.4 is 0 Å². The topological polar surface area (TPSA) is 70.8 Å². The second-order valence-electron chi connectivity index (χ2n) is 5.84. The average Bonchev–Trinajstić information content (AvgIpc) is 3.23. The molecule has 2 atom stereocenters. The second kappa shape index (κ2) is 6.69. The van der Waals surface area contributed by atoms with E-state index in [2.05, 4.69) is 0 Å². The van der Waals surface area contributed by atoms with Crippen molar-refractivity contribution in [3.05, 3.63) is 60.1 Å². The van der Waals surface area contributed by atoms with Crippen LogP contribution in [-0.2, 0) is 16.0 Å². The summed E-state index contributed by atoms with van der Waals surface area (Å²) in [4.78, 5) is 25.6. The molecule has 120 valence electrons. The summed E-state index contributed by atoms with van der Waals surface area (Å²) in [5.41, 5.74) is 0.973. The van der Waals surface area contributed by atoms with Crippen molar-refractivity contribution in [2.45, 2.75) is 18.8 Å². The van der Waals surface area contributed by atoms with Gasteiger partial charge in [0.25, 0.3) is 0 Å². The number of carbonyl (C=O) groups excluding carboxylic acids is 1. The van der Waals surface area contributed by atoms with Gasteiger partial charge in [0.2, 0.25) is 5.91 Å². The fourth-order valence-corrected chi connectivity index (χ4v) is 3.14. The van der Waals surface area contributed by atoms with Crippen LogP contribution in [0.2, 0.25) is 0 Å². The van der Waals surface area contributed by atoms with Gasteiger partial charge >= 0.3 is 5.97 Å². The van der Waals surface area contributed by atoms with Gasteiger partial charge in [0.1, 0.15) is 5.76 Å². The highest BCUT2D eigenvalue weighted by molar-refractivity contribution is 5.79. The number of nitrogens with zero attached hydrogens (tertiary/aromatic N) is 1. The van der Waals surface area contributed by atoms with Crippen LogP contribution >= 0.6 is 0 Å². The molecular weight excluding hydrogens is 294 g/mol. The number of carboxylic acid groups (broad SMARTS) is 1. The molecule has 1 fully saturated rings. The minimum absolute atomic E-state index is 0.0221. The Morgan fingerprint density at radius 1 is 1.13 bits per heavy atom. The normalized spacial score (nSPS) is 20.6. The summed E-state index contributed by atoms with van der Waals surface area (Å²) in [5.74, 6) is -0.801. The molecule has 5 nitrogen and oxygen atoms in total. The lowest BCUT2D eigenvalue weighted by Gasteiger charge is -2.16. The zero-order valence-electron chi connectivity index (χ0n) is 12.7. The van der Waals surface area contributed by atoms with Gasteiger partial charge in [-0.3, -0.25) is 9.59 Å². The molecule has 23 heavy (non-hydrogen) atoms. The summed E-state index contributed by atoms with van der Waals surface area (Å²) in [6.45, 7) is 0.726.